The molecule has 1 saturated heterocycles. The first-order valence-corrected chi connectivity index (χ1v) is 12.3. The van der Waals surface area contributed by atoms with Crippen molar-refractivity contribution in [2.24, 2.45) is 5.92 Å². The summed E-state index contributed by atoms with van der Waals surface area (Å²) < 4.78 is 33.2. The standard InChI is InChI=1S/C25H28N2O4S/c1-18(19-9-12-23(31-2)13-10-19)26-25(28)22-8-5-15-27(17-22)32(29,30)24-14-11-20-6-3-4-7-21(20)16-24/h3-4,6-7,9-14,16,18,22H,5,8,15,17H2,1-2H3,(H,26,28)/t18-,22-/m1/s1. The molecule has 0 unspecified atom stereocenters. The van der Waals surface area contributed by atoms with Gasteiger partial charge < -0.3 is 10.1 Å². The van der Waals surface area contributed by atoms with Crippen molar-refractivity contribution in [2.75, 3.05) is 20.2 Å². The number of ether oxygens (including phenoxy) is 1. The van der Waals surface area contributed by atoms with E-state index in [9.17, 15) is 13.2 Å². The lowest BCUT2D eigenvalue weighted by molar-refractivity contribution is -0.126. The molecule has 1 aliphatic rings. The summed E-state index contributed by atoms with van der Waals surface area (Å²) in [5, 5.41) is 4.92. The van der Waals surface area contributed by atoms with Gasteiger partial charge in [0.25, 0.3) is 0 Å². The summed E-state index contributed by atoms with van der Waals surface area (Å²) in [4.78, 5) is 13.2. The van der Waals surface area contributed by atoms with Crippen LogP contribution in [0.15, 0.2) is 71.6 Å². The summed E-state index contributed by atoms with van der Waals surface area (Å²) in [6, 6.07) is 20.2. The van der Waals surface area contributed by atoms with Gasteiger partial charge in [0.1, 0.15) is 5.75 Å². The maximum atomic E-state index is 13.3. The molecule has 6 nitrogen and oxygen atoms in total. The second kappa shape index (κ2) is 9.30. The second-order valence-corrected chi connectivity index (χ2v) is 10.2. The van der Waals surface area contributed by atoms with Crippen LogP contribution in [0.5, 0.6) is 5.75 Å². The predicted octanol–water partition coefficient (Wildman–Crippen LogP) is 4.13. The van der Waals surface area contributed by atoms with Crippen molar-refractivity contribution < 1.29 is 17.9 Å². The summed E-state index contributed by atoms with van der Waals surface area (Å²) in [5.41, 5.74) is 0.968. The minimum absolute atomic E-state index is 0.119. The summed E-state index contributed by atoms with van der Waals surface area (Å²) in [7, 11) is -2.06. The molecule has 1 fully saturated rings. The molecule has 3 aromatic rings. The first kappa shape index (κ1) is 22.3. The molecule has 0 aliphatic carbocycles. The molecule has 0 aromatic heterocycles. The van der Waals surface area contributed by atoms with E-state index in [0.29, 0.717) is 19.4 Å². The molecule has 0 saturated carbocycles. The Morgan fingerprint density at radius 1 is 1.06 bits per heavy atom. The van der Waals surface area contributed by atoms with E-state index in [1.807, 2.05) is 61.5 Å². The highest BCUT2D eigenvalue weighted by Gasteiger charge is 2.33. The van der Waals surface area contributed by atoms with Gasteiger partial charge >= 0.3 is 0 Å². The fourth-order valence-electron chi connectivity index (χ4n) is 4.16. The van der Waals surface area contributed by atoms with Crippen molar-refractivity contribution in [3.63, 3.8) is 0 Å². The Kier molecular flexibility index (Phi) is 6.48. The van der Waals surface area contributed by atoms with Crippen LogP contribution in [0.3, 0.4) is 0 Å². The zero-order valence-corrected chi connectivity index (χ0v) is 19.1. The van der Waals surface area contributed by atoms with E-state index >= 15 is 0 Å². The van der Waals surface area contributed by atoms with Gasteiger partial charge in [0.2, 0.25) is 15.9 Å². The highest BCUT2D eigenvalue weighted by Crippen LogP contribution is 2.27. The molecule has 0 radical (unpaired) electrons. The molecule has 32 heavy (non-hydrogen) atoms. The van der Waals surface area contributed by atoms with E-state index in [-0.39, 0.29) is 29.3 Å². The van der Waals surface area contributed by atoms with Crippen LogP contribution < -0.4 is 10.1 Å². The fraction of sp³-hybridized carbons (Fsp3) is 0.320. The van der Waals surface area contributed by atoms with Gasteiger partial charge in [-0.25, -0.2) is 8.42 Å². The Hall–Kier alpha value is -2.90. The van der Waals surface area contributed by atoms with Crippen LogP contribution in [-0.2, 0) is 14.8 Å². The molecule has 3 aromatic carbocycles. The number of piperidine rings is 1. The maximum absolute atomic E-state index is 13.3. The van der Waals surface area contributed by atoms with Crippen molar-refractivity contribution in [1.82, 2.24) is 9.62 Å². The number of hydrogen-bond acceptors (Lipinski definition) is 4. The fourth-order valence-corrected chi connectivity index (χ4v) is 5.72. The zero-order chi connectivity index (χ0) is 22.7. The van der Waals surface area contributed by atoms with Gasteiger partial charge in [0.05, 0.1) is 24.0 Å². The van der Waals surface area contributed by atoms with Crippen LogP contribution in [0, 0.1) is 5.92 Å². The lowest BCUT2D eigenvalue weighted by atomic mass is 9.98. The second-order valence-electron chi connectivity index (χ2n) is 8.21. The van der Waals surface area contributed by atoms with Crippen molar-refractivity contribution >= 4 is 26.7 Å². The Morgan fingerprint density at radius 2 is 1.78 bits per heavy atom. The van der Waals surface area contributed by atoms with E-state index < -0.39 is 10.0 Å². The third-order valence-electron chi connectivity index (χ3n) is 6.09. The monoisotopic (exact) mass is 452 g/mol. The maximum Gasteiger partial charge on any atom is 0.243 e. The largest absolute Gasteiger partial charge is 0.497 e. The van der Waals surface area contributed by atoms with Gasteiger partial charge in [-0.05, 0) is 60.4 Å². The van der Waals surface area contributed by atoms with E-state index in [2.05, 4.69) is 5.32 Å². The number of carbonyl (C=O) groups is 1. The van der Waals surface area contributed by atoms with Crippen molar-refractivity contribution in [1.29, 1.82) is 0 Å². The molecule has 0 spiro atoms. The van der Waals surface area contributed by atoms with Gasteiger partial charge in [0, 0.05) is 13.1 Å². The van der Waals surface area contributed by atoms with Crippen LogP contribution in [-0.4, -0.2) is 38.8 Å². The van der Waals surface area contributed by atoms with Crippen molar-refractivity contribution in [2.45, 2.75) is 30.7 Å². The Bertz CT molecular complexity index is 1210. The Morgan fingerprint density at radius 3 is 2.50 bits per heavy atom. The van der Waals surface area contributed by atoms with E-state index in [4.69, 9.17) is 4.74 Å². The quantitative estimate of drug-likeness (QED) is 0.610. The van der Waals surface area contributed by atoms with Gasteiger partial charge in [-0.15, -0.1) is 0 Å². The normalized spacial score (nSPS) is 18.2. The number of nitrogens with zero attached hydrogens (tertiary/aromatic N) is 1. The van der Waals surface area contributed by atoms with Gasteiger partial charge in [-0.1, -0.05) is 42.5 Å². The summed E-state index contributed by atoms with van der Waals surface area (Å²) in [6.45, 7) is 2.54. The summed E-state index contributed by atoms with van der Waals surface area (Å²) in [5.74, 6) is 0.264. The van der Waals surface area contributed by atoms with E-state index in [1.54, 1.807) is 19.2 Å². The smallest absolute Gasteiger partial charge is 0.243 e. The molecular weight excluding hydrogens is 424 g/mol. The highest BCUT2D eigenvalue weighted by molar-refractivity contribution is 7.89. The van der Waals surface area contributed by atoms with Gasteiger partial charge in [0.15, 0.2) is 0 Å². The number of benzene rings is 3. The third kappa shape index (κ3) is 4.64. The zero-order valence-electron chi connectivity index (χ0n) is 18.3. The number of hydrogen-bond donors (Lipinski definition) is 1. The van der Waals surface area contributed by atoms with Crippen molar-refractivity contribution in [3.8, 4) is 5.75 Å². The molecule has 1 amide bonds. The van der Waals surface area contributed by atoms with Crippen LogP contribution in [0.25, 0.3) is 10.8 Å². The number of nitrogens with one attached hydrogen (secondary N) is 1. The number of sulfonamides is 1. The Labute approximate surface area is 189 Å². The minimum Gasteiger partial charge on any atom is -0.497 e. The van der Waals surface area contributed by atoms with Crippen LogP contribution in [0.2, 0.25) is 0 Å². The molecule has 7 heteroatoms. The van der Waals surface area contributed by atoms with Gasteiger partial charge in [-0.3, -0.25) is 4.79 Å². The van der Waals surface area contributed by atoms with Crippen LogP contribution in [0.1, 0.15) is 31.4 Å². The molecule has 1 N–H and O–H groups in total. The highest BCUT2D eigenvalue weighted by atomic mass is 32.2. The van der Waals surface area contributed by atoms with Crippen LogP contribution in [0.4, 0.5) is 0 Å². The lowest BCUT2D eigenvalue weighted by Crippen LogP contribution is -2.45. The number of amides is 1. The lowest BCUT2D eigenvalue weighted by Gasteiger charge is -2.32. The number of fused-ring (bicyclic) bond motifs is 1. The third-order valence-corrected chi connectivity index (χ3v) is 7.95. The number of rotatable bonds is 6. The first-order chi connectivity index (χ1) is 15.4. The molecular formula is C25H28N2O4S. The average Bonchev–Trinajstić information content (AvgIpc) is 2.83. The summed E-state index contributed by atoms with van der Waals surface area (Å²) >= 11 is 0. The average molecular weight is 453 g/mol. The first-order valence-electron chi connectivity index (χ1n) is 10.8. The number of carbonyl (C=O) groups excluding carboxylic acids is 1. The molecule has 1 aliphatic heterocycles. The SMILES string of the molecule is COc1ccc([C@@H](C)NC(=O)[C@@H]2CCCN(S(=O)(=O)c3ccc4ccccc4c3)C2)cc1. The van der Waals surface area contributed by atoms with E-state index in [1.165, 1.54) is 4.31 Å². The Balaban J connectivity index is 1.46. The topological polar surface area (TPSA) is 75.7 Å². The van der Waals surface area contributed by atoms with Crippen molar-refractivity contribution in [3.05, 3.63) is 72.3 Å². The molecule has 0 bridgehead atoms. The van der Waals surface area contributed by atoms with Crippen LogP contribution >= 0.6 is 0 Å². The van der Waals surface area contributed by atoms with Gasteiger partial charge in [-0.2, -0.15) is 4.31 Å². The minimum atomic E-state index is -3.67. The predicted molar refractivity (Wildman–Crippen MR) is 125 cm³/mol. The number of methoxy groups -OCH3 is 1. The summed E-state index contributed by atoms with van der Waals surface area (Å²) in [6.07, 6.45) is 1.33. The molecule has 168 valence electrons. The molecule has 1 heterocycles. The molecule has 4 rings (SSSR count). The molecule has 2 atom stereocenters. The van der Waals surface area contributed by atoms with E-state index in [0.717, 1.165) is 22.1 Å².